The maximum Gasteiger partial charge on any atom is 0.225 e. The molecular weight excluding hydrogens is 300 g/mol. The highest BCUT2D eigenvalue weighted by Crippen LogP contribution is 2.32. The first-order valence-corrected chi connectivity index (χ1v) is 8.84. The van der Waals surface area contributed by atoms with E-state index in [4.69, 9.17) is 4.74 Å². The fourth-order valence-corrected chi connectivity index (χ4v) is 3.94. The number of para-hydroxylation sites is 1. The number of hydrogen-bond acceptors (Lipinski definition) is 5. The highest BCUT2D eigenvalue weighted by Gasteiger charge is 2.38. The summed E-state index contributed by atoms with van der Waals surface area (Å²) in [5.74, 6) is 2.63. The molecule has 0 radical (unpaired) electrons. The van der Waals surface area contributed by atoms with Crippen LogP contribution in [-0.2, 0) is 0 Å². The Morgan fingerprint density at radius 1 is 1.00 bits per heavy atom. The molecule has 5 heteroatoms. The Morgan fingerprint density at radius 3 is 2.62 bits per heavy atom. The molecule has 0 bridgehead atoms. The molecule has 3 heterocycles. The lowest BCUT2D eigenvalue weighted by atomic mass is 9.92. The molecule has 5 nitrogen and oxygen atoms in total. The van der Waals surface area contributed by atoms with Crippen molar-refractivity contribution < 1.29 is 4.74 Å². The number of fused-ring (bicyclic) bond motifs is 1. The monoisotopic (exact) mass is 324 g/mol. The highest BCUT2D eigenvalue weighted by molar-refractivity contribution is 5.30. The number of piperidine rings is 1. The zero-order chi connectivity index (χ0) is 16.2. The number of nitrogens with zero attached hydrogens (tertiary/aromatic N) is 4. The Kier molecular flexibility index (Phi) is 4.60. The molecule has 2 aliphatic heterocycles. The number of aromatic nitrogens is 2. The molecule has 2 aromatic rings. The molecule has 2 atom stereocenters. The molecule has 126 valence electrons. The number of benzene rings is 1. The van der Waals surface area contributed by atoms with E-state index in [0.717, 1.165) is 43.9 Å². The topological polar surface area (TPSA) is 41.5 Å². The summed E-state index contributed by atoms with van der Waals surface area (Å²) in [6.45, 7) is 5.01. The van der Waals surface area contributed by atoms with E-state index < -0.39 is 0 Å². The third-order valence-electron chi connectivity index (χ3n) is 5.20. The van der Waals surface area contributed by atoms with Crippen LogP contribution in [0.5, 0.6) is 5.75 Å². The Balaban J connectivity index is 1.34. The van der Waals surface area contributed by atoms with E-state index in [9.17, 15) is 0 Å². The van der Waals surface area contributed by atoms with Gasteiger partial charge in [-0.3, -0.25) is 4.90 Å². The molecule has 1 aromatic carbocycles. The first kappa shape index (κ1) is 15.4. The first-order chi connectivity index (χ1) is 11.9. The molecule has 0 spiro atoms. The van der Waals surface area contributed by atoms with Crippen molar-refractivity contribution in [2.75, 3.05) is 37.7 Å². The van der Waals surface area contributed by atoms with Gasteiger partial charge in [0.1, 0.15) is 12.4 Å². The smallest absolute Gasteiger partial charge is 0.225 e. The van der Waals surface area contributed by atoms with Crippen LogP contribution < -0.4 is 9.64 Å². The summed E-state index contributed by atoms with van der Waals surface area (Å²) in [5.41, 5.74) is 0. The van der Waals surface area contributed by atoms with Gasteiger partial charge in [-0.2, -0.15) is 0 Å². The minimum atomic E-state index is 0.599. The van der Waals surface area contributed by atoms with Crippen LogP contribution in [0.4, 0.5) is 5.95 Å². The molecule has 1 aromatic heterocycles. The first-order valence-electron chi connectivity index (χ1n) is 8.84. The van der Waals surface area contributed by atoms with Gasteiger partial charge < -0.3 is 9.64 Å². The second-order valence-corrected chi connectivity index (χ2v) is 6.60. The van der Waals surface area contributed by atoms with E-state index in [1.807, 2.05) is 48.8 Å². The van der Waals surface area contributed by atoms with Gasteiger partial charge >= 0.3 is 0 Å². The van der Waals surface area contributed by atoms with Crippen molar-refractivity contribution >= 4 is 5.95 Å². The number of hydrogen-bond donors (Lipinski definition) is 0. The van der Waals surface area contributed by atoms with E-state index in [0.29, 0.717) is 6.04 Å². The lowest BCUT2D eigenvalue weighted by Gasteiger charge is -2.38. The Hall–Kier alpha value is -2.14. The van der Waals surface area contributed by atoms with Crippen LogP contribution in [0.25, 0.3) is 0 Å². The maximum absolute atomic E-state index is 5.88. The van der Waals surface area contributed by atoms with E-state index >= 15 is 0 Å². The number of rotatable bonds is 5. The van der Waals surface area contributed by atoms with Crippen molar-refractivity contribution in [3.05, 3.63) is 48.8 Å². The maximum atomic E-state index is 5.88. The Bertz CT molecular complexity index is 636. The van der Waals surface area contributed by atoms with Gasteiger partial charge in [0.05, 0.1) is 0 Å². The fourth-order valence-electron chi connectivity index (χ4n) is 3.94. The lowest BCUT2D eigenvalue weighted by molar-refractivity contribution is 0.171. The predicted molar refractivity (Wildman–Crippen MR) is 94.3 cm³/mol. The van der Waals surface area contributed by atoms with Crippen LogP contribution >= 0.6 is 0 Å². The van der Waals surface area contributed by atoms with Crippen molar-refractivity contribution in [3.63, 3.8) is 0 Å². The molecule has 0 amide bonds. The van der Waals surface area contributed by atoms with Gasteiger partial charge in [0.2, 0.25) is 5.95 Å². The van der Waals surface area contributed by atoms with Gasteiger partial charge in [0.15, 0.2) is 0 Å². The van der Waals surface area contributed by atoms with E-state index in [2.05, 4.69) is 19.8 Å². The third kappa shape index (κ3) is 3.36. The van der Waals surface area contributed by atoms with Gasteiger partial charge in [-0.25, -0.2) is 9.97 Å². The van der Waals surface area contributed by atoms with Crippen molar-refractivity contribution in [1.82, 2.24) is 14.9 Å². The summed E-state index contributed by atoms with van der Waals surface area (Å²) in [6.07, 6.45) is 6.20. The minimum Gasteiger partial charge on any atom is -0.492 e. The van der Waals surface area contributed by atoms with E-state index in [1.54, 1.807) is 0 Å². The molecule has 0 saturated carbocycles. The minimum absolute atomic E-state index is 0.599. The Morgan fingerprint density at radius 2 is 1.79 bits per heavy atom. The lowest BCUT2D eigenvalue weighted by Crippen LogP contribution is -2.49. The zero-order valence-electron chi connectivity index (χ0n) is 13.9. The van der Waals surface area contributed by atoms with E-state index in [1.165, 1.54) is 19.4 Å². The summed E-state index contributed by atoms with van der Waals surface area (Å²) < 4.78 is 5.88. The van der Waals surface area contributed by atoms with Crippen molar-refractivity contribution in [2.45, 2.75) is 18.9 Å². The van der Waals surface area contributed by atoms with Gasteiger partial charge in [-0.15, -0.1) is 0 Å². The molecule has 4 rings (SSSR count). The van der Waals surface area contributed by atoms with Crippen LogP contribution in [0.2, 0.25) is 0 Å². The van der Waals surface area contributed by atoms with Gasteiger partial charge in [0, 0.05) is 38.1 Å². The molecule has 2 saturated heterocycles. The summed E-state index contributed by atoms with van der Waals surface area (Å²) in [6, 6.07) is 12.5. The average Bonchev–Trinajstić information content (AvgIpc) is 3.06. The molecule has 0 N–H and O–H groups in total. The van der Waals surface area contributed by atoms with Crippen LogP contribution in [0.1, 0.15) is 12.8 Å². The molecule has 2 aliphatic rings. The molecule has 2 fully saturated rings. The average molecular weight is 324 g/mol. The van der Waals surface area contributed by atoms with Crippen molar-refractivity contribution in [2.24, 2.45) is 5.92 Å². The summed E-state index contributed by atoms with van der Waals surface area (Å²) in [5, 5.41) is 0. The fraction of sp³-hybridized carbons (Fsp3) is 0.474. The normalized spacial score (nSPS) is 23.9. The van der Waals surface area contributed by atoms with Crippen molar-refractivity contribution in [3.8, 4) is 5.75 Å². The van der Waals surface area contributed by atoms with Crippen LogP contribution in [0.15, 0.2) is 48.8 Å². The zero-order valence-corrected chi connectivity index (χ0v) is 13.9. The number of ether oxygens (including phenoxy) is 1. The van der Waals surface area contributed by atoms with E-state index in [-0.39, 0.29) is 0 Å². The standard InChI is InChI=1S/C19H24N4O/c1-2-5-17(6-3-1)24-14-13-22-11-7-16-8-12-23(15-18(16)22)19-20-9-4-10-21-19/h1-6,9-10,16,18H,7-8,11-15H2. The second kappa shape index (κ2) is 7.18. The predicted octanol–water partition coefficient (Wildman–Crippen LogP) is 2.46. The van der Waals surface area contributed by atoms with Crippen molar-refractivity contribution in [1.29, 1.82) is 0 Å². The SMILES string of the molecule is c1ccc(OCCN2CCC3CCN(c4ncccn4)CC32)cc1. The number of likely N-dealkylation sites (tertiary alicyclic amines) is 1. The molecular formula is C19H24N4O. The summed E-state index contributed by atoms with van der Waals surface area (Å²) in [4.78, 5) is 13.7. The third-order valence-corrected chi connectivity index (χ3v) is 5.20. The largest absolute Gasteiger partial charge is 0.492 e. The van der Waals surface area contributed by atoms with Gasteiger partial charge in [-0.1, -0.05) is 18.2 Å². The summed E-state index contributed by atoms with van der Waals surface area (Å²) >= 11 is 0. The molecule has 2 unspecified atom stereocenters. The highest BCUT2D eigenvalue weighted by atomic mass is 16.5. The van der Waals surface area contributed by atoms with Gasteiger partial charge in [-0.05, 0) is 43.5 Å². The summed E-state index contributed by atoms with van der Waals surface area (Å²) in [7, 11) is 0. The second-order valence-electron chi connectivity index (χ2n) is 6.60. The number of anilines is 1. The Labute approximate surface area is 143 Å². The molecule has 24 heavy (non-hydrogen) atoms. The van der Waals surface area contributed by atoms with Gasteiger partial charge in [0.25, 0.3) is 0 Å². The van der Waals surface area contributed by atoms with Crippen LogP contribution in [0.3, 0.4) is 0 Å². The van der Waals surface area contributed by atoms with Crippen LogP contribution in [-0.4, -0.2) is 53.7 Å². The van der Waals surface area contributed by atoms with Crippen LogP contribution in [0, 0.1) is 5.92 Å². The quantitative estimate of drug-likeness (QED) is 0.845. The molecule has 0 aliphatic carbocycles.